The van der Waals surface area contributed by atoms with E-state index in [0.717, 1.165) is 43.6 Å². The average molecular weight is 357 g/mol. The molecular formula is C19H26F3NO2. The Morgan fingerprint density at radius 1 is 1.28 bits per heavy atom. The molecule has 0 aromatic heterocycles. The topological polar surface area (TPSA) is 40.5 Å². The molecule has 0 aliphatic carbocycles. The molecule has 1 aromatic carbocycles. The first-order chi connectivity index (χ1) is 11.7. The van der Waals surface area contributed by atoms with Crippen molar-refractivity contribution < 1.29 is 23.1 Å². The molecule has 1 aliphatic rings. The molecule has 1 N–H and O–H groups in total. The lowest BCUT2D eigenvalue weighted by atomic mass is 9.84. The van der Waals surface area contributed by atoms with Crippen molar-refractivity contribution in [3.63, 3.8) is 0 Å². The van der Waals surface area contributed by atoms with E-state index < -0.39 is 17.7 Å². The van der Waals surface area contributed by atoms with E-state index in [1.807, 2.05) is 0 Å². The maximum Gasteiger partial charge on any atom is 0.416 e. The van der Waals surface area contributed by atoms with Crippen LogP contribution in [0, 0.1) is 11.8 Å². The second-order valence-corrected chi connectivity index (χ2v) is 7.34. The molecule has 0 bridgehead atoms. The van der Waals surface area contributed by atoms with Crippen LogP contribution in [0.3, 0.4) is 0 Å². The molecule has 140 valence electrons. The zero-order valence-electron chi connectivity index (χ0n) is 14.7. The minimum atomic E-state index is -4.34. The minimum absolute atomic E-state index is 0.0147. The van der Waals surface area contributed by atoms with Gasteiger partial charge in [-0.15, -0.1) is 0 Å². The first-order valence-electron chi connectivity index (χ1n) is 8.79. The molecule has 0 radical (unpaired) electrons. The first-order valence-corrected chi connectivity index (χ1v) is 8.79. The van der Waals surface area contributed by atoms with Gasteiger partial charge in [0.1, 0.15) is 0 Å². The zero-order valence-corrected chi connectivity index (χ0v) is 14.7. The third-order valence-corrected chi connectivity index (χ3v) is 4.90. The molecule has 1 aromatic rings. The van der Waals surface area contributed by atoms with Crippen molar-refractivity contribution in [1.29, 1.82) is 0 Å². The number of halogens is 3. The van der Waals surface area contributed by atoms with Gasteiger partial charge in [-0.25, -0.2) is 0 Å². The fourth-order valence-corrected chi connectivity index (χ4v) is 3.45. The van der Waals surface area contributed by atoms with Crippen LogP contribution in [0.1, 0.15) is 56.7 Å². The number of carboxylic acid groups (broad SMARTS) is 1. The molecule has 0 spiro atoms. The lowest BCUT2D eigenvalue weighted by Gasteiger charge is -2.40. The van der Waals surface area contributed by atoms with Gasteiger partial charge in [-0.2, -0.15) is 13.2 Å². The van der Waals surface area contributed by atoms with E-state index in [4.69, 9.17) is 5.11 Å². The van der Waals surface area contributed by atoms with E-state index in [-0.39, 0.29) is 18.4 Å². The van der Waals surface area contributed by atoms with Crippen LogP contribution in [-0.4, -0.2) is 29.1 Å². The third-order valence-electron chi connectivity index (χ3n) is 4.90. The SMILES string of the molecule is CC(C)CCN1CC[C@@H](CC(=O)O)C[C@H]1c1ccc(C(F)(F)F)cc1. The summed E-state index contributed by atoms with van der Waals surface area (Å²) in [6.45, 7) is 5.95. The molecule has 2 atom stereocenters. The molecule has 0 saturated carbocycles. The van der Waals surface area contributed by atoms with Crippen molar-refractivity contribution in [2.24, 2.45) is 11.8 Å². The summed E-state index contributed by atoms with van der Waals surface area (Å²) < 4.78 is 38.3. The monoisotopic (exact) mass is 357 g/mol. The summed E-state index contributed by atoms with van der Waals surface area (Å²) in [5, 5.41) is 9.05. The molecule has 1 saturated heterocycles. The average Bonchev–Trinajstić information content (AvgIpc) is 2.52. The predicted octanol–water partition coefficient (Wildman–Crippen LogP) is 4.98. The van der Waals surface area contributed by atoms with Gasteiger partial charge < -0.3 is 5.11 Å². The van der Waals surface area contributed by atoms with Gasteiger partial charge in [0, 0.05) is 12.5 Å². The molecule has 25 heavy (non-hydrogen) atoms. The van der Waals surface area contributed by atoms with Crippen molar-refractivity contribution in [2.45, 2.75) is 51.7 Å². The summed E-state index contributed by atoms with van der Waals surface area (Å²) in [4.78, 5) is 13.3. The second kappa shape index (κ2) is 8.21. The van der Waals surface area contributed by atoms with Gasteiger partial charge in [0.2, 0.25) is 0 Å². The number of aliphatic carboxylic acids is 1. The van der Waals surface area contributed by atoms with Crippen molar-refractivity contribution >= 4 is 5.97 Å². The number of likely N-dealkylation sites (tertiary alicyclic amines) is 1. The number of nitrogens with zero attached hydrogens (tertiary/aromatic N) is 1. The smallest absolute Gasteiger partial charge is 0.416 e. The summed E-state index contributed by atoms with van der Waals surface area (Å²) in [6, 6.07) is 5.31. The summed E-state index contributed by atoms with van der Waals surface area (Å²) in [5.41, 5.74) is 0.190. The quantitative estimate of drug-likeness (QED) is 0.781. The molecule has 0 unspecified atom stereocenters. The molecule has 1 heterocycles. The maximum atomic E-state index is 12.8. The van der Waals surface area contributed by atoms with Gasteiger partial charge in [0.15, 0.2) is 0 Å². The van der Waals surface area contributed by atoms with Gasteiger partial charge >= 0.3 is 12.1 Å². The van der Waals surface area contributed by atoms with Crippen molar-refractivity contribution in [2.75, 3.05) is 13.1 Å². The maximum absolute atomic E-state index is 12.8. The highest BCUT2D eigenvalue weighted by atomic mass is 19.4. The largest absolute Gasteiger partial charge is 0.481 e. The standard InChI is InChI=1S/C19H26F3NO2/c1-13(2)7-9-23-10-8-14(12-18(24)25)11-17(23)15-3-5-16(6-4-15)19(20,21)22/h3-6,13-14,17H,7-12H2,1-2H3,(H,24,25)/t14-,17+/m1/s1. The Morgan fingerprint density at radius 2 is 1.92 bits per heavy atom. The minimum Gasteiger partial charge on any atom is -0.481 e. The molecular weight excluding hydrogens is 331 g/mol. The summed E-state index contributed by atoms with van der Waals surface area (Å²) in [5.74, 6) is -0.197. The van der Waals surface area contributed by atoms with Gasteiger partial charge in [0.05, 0.1) is 5.56 Å². The molecule has 1 fully saturated rings. The Balaban J connectivity index is 2.17. The number of alkyl halides is 3. The molecule has 1 aliphatic heterocycles. The number of benzene rings is 1. The highest BCUT2D eigenvalue weighted by Crippen LogP contribution is 2.37. The van der Waals surface area contributed by atoms with Crippen LogP contribution in [0.4, 0.5) is 13.2 Å². The van der Waals surface area contributed by atoms with Crippen LogP contribution in [-0.2, 0) is 11.0 Å². The molecule has 3 nitrogen and oxygen atoms in total. The lowest BCUT2D eigenvalue weighted by Crippen LogP contribution is -2.38. The van der Waals surface area contributed by atoms with Gasteiger partial charge in [-0.05, 0) is 61.9 Å². The van der Waals surface area contributed by atoms with Crippen LogP contribution in [0.15, 0.2) is 24.3 Å². The number of piperidine rings is 1. The van der Waals surface area contributed by atoms with Crippen LogP contribution < -0.4 is 0 Å². The van der Waals surface area contributed by atoms with E-state index in [1.165, 1.54) is 0 Å². The van der Waals surface area contributed by atoms with Crippen molar-refractivity contribution in [3.8, 4) is 0 Å². The Bertz CT molecular complexity index is 569. The van der Waals surface area contributed by atoms with Crippen LogP contribution in [0.25, 0.3) is 0 Å². The molecule has 2 rings (SSSR count). The summed E-state index contributed by atoms with van der Waals surface area (Å²) in [7, 11) is 0. The van der Waals surface area contributed by atoms with Crippen LogP contribution in [0.2, 0.25) is 0 Å². The van der Waals surface area contributed by atoms with E-state index >= 15 is 0 Å². The number of hydrogen-bond donors (Lipinski definition) is 1. The third kappa shape index (κ3) is 5.73. The molecule has 0 amide bonds. The van der Waals surface area contributed by atoms with E-state index in [9.17, 15) is 18.0 Å². The highest BCUT2D eigenvalue weighted by Gasteiger charge is 2.33. The number of carboxylic acids is 1. The van der Waals surface area contributed by atoms with Gasteiger partial charge in [-0.1, -0.05) is 26.0 Å². The van der Waals surface area contributed by atoms with Crippen molar-refractivity contribution in [1.82, 2.24) is 4.90 Å². The normalized spacial score (nSPS) is 22.3. The fourth-order valence-electron chi connectivity index (χ4n) is 3.45. The van der Waals surface area contributed by atoms with E-state index in [2.05, 4.69) is 18.7 Å². The van der Waals surface area contributed by atoms with Crippen LogP contribution in [0.5, 0.6) is 0 Å². The Labute approximate surface area is 146 Å². The summed E-state index contributed by atoms with van der Waals surface area (Å²) in [6.07, 6.45) is -1.71. The predicted molar refractivity (Wildman–Crippen MR) is 90.2 cm³/mol. The van der Waals surface area contributed by atoms with E-state index in [1.54, 1.807) is 12.1 Å². The molecule has 6 heteroatoms. The van der Waals surface area contributed by atoms with Gasteiger partial charge in [0.25, 0.3) is 0 Å². The number of hydrogen-bond acceptors (Lipinski definition) is 2. The second-order valence-electron chi connectivity index (χ2n) is 7.34. The van der Waals surface area contributed by atoms with Gasteiger partial charge in [-0.3, -0.25) is 9.69 Å². The number of rotatable bonds is 6. The number of carbonyl (C=O) groups is 1. The van der Waals surface area contributed by atoms with Crippen LogP contribution >= 0.6 is 0 Å². The Kier molecular flexibility index (Phi) is 6.49. The van der Waals surface area contributed by atoms with Crippen molar-refractivity contribution in [3.05, 3.63) is 35.4 Å². The first kappa shape index (κ1) is 19.8. The lowest BCUT2D eigenvalue weighted by molar-refractivity contribution is -0.139. The Hall–Kier alpha value is -1.56. The van der Waals surface area contributed by atoms with E-state index in [0.29, 0.717) is 12.3 Å². The zero-order chi connectivity index (χ0) is 18.6. The Morgan fingerprint density at radius 3 is 2.44 bits per heavy atom. The highest BCUT2D eigenvalue weighted by molar-refractivity contribution is 5.67. The summed E-state index contributed by atoms with van der Waals surface area (Å²) >= 11 is 0. The fraction of sp³-hybridized carbons (Fsp3) is 0.632.